The van der Waals surface area contributed by atoms with Crippen molar-refractivity contribution >= 4 is 11.8 Å². The summed E-state index contributed by atoms with van der Waals surface area (Å²) in [6, 6.07) is 0. The average molecular weight is 234 g/mol. The fraction of sp³-hybridized carbons (Fsp3) is 0.778. The van der Waals surface area contributed by atoms with Gasteiger partial charge in [0.1, 0.15) is 29.9 Å². The number of thioether (sulfide) groups is 1. The number of rotatable bonds is 3. The van der Waals surface area contributed by atoms with Crippen molar-refractivity contribution in [3.8, 4) is 12.3 Å². The Hall–Kier alpha value is -0.290. The molecule has 1 aliphatic rings. The summed E-state index contributed by atoms with van der Waals surface area (Å²) < 4.78 is 5.19. The van der Waals surface area contributed by atoms with Crippen molar-refractivity contribution in [3.05, 3.63) is 0 Å². The first-order chi connectivity index (χ1) is 7.11. The molecule has 6 heteroatoms. The highest BCUT2D eigenvalue weighted by atomic mass is 32.2. The molecule has 0 spiro atoms. The molecule has 4 N–H and O–H groups in total. The van der Waals surface area contributed by atoms with Crippen LogP contribution in [0.4, 0.5) is 0 Å². The number of terminal acetylenes is 1. The molecule has 0 aromatic carbocycles. The smallest absolute Gasteiger partial charge is 0.133 e. The molecule has 0 aliphatic carbocycles. The quantitative estimate of drug-likeness (QED) is 0.429. The predicted molar refractivity (Wildman–Crippen MR) is 55.1 cm³/mol. The molecule has 0 aromatic heterocycles. The third-order valence-electron chi connectivity index (χ3n) is 2.18. The maximum absolute atomic E-state index is 9.54. The van der Waals surface area contributed by atoms with E-state index < -0.39 is 36.5 Å². The van der Waals surface area contributed by atoms with E-state index in [0.717, 1.165) is 11.8 Å². The summed E-state index contributed by atoms with van der Waals surface area (Å²) in [7, 11) is 0. The van der Waals surface area contributed by atoms with Gasteiger partial charge in [-0.25, -0.2) is 0 Å². The zero-order valence-electron chi connectivity index (χ0n) is 7.98. The van der Waals surface area contributed by atoms with Gasteiger partial charge in [-0.3, -0.25) is 0 Å². The molecular weight excluding hydrogens is 220 g/mol. The van der Waals surface area contributed by atoms with Crippen LogP contribution >= 0.6 is 11.8 Å². The number of ether oxygens (including phenoxy) is 1. The van der Waals surface area contributed by atoms with Crippen LogP contribution in [0.2, 0.25) is 0 Å². The van der Waals surface area contributed by atoms with Crippen LogP contribution in [-0.2, 0) is 4.74 Å². The fourth-order valence-corrected chi connectivity index (χ4v) is 2.18. The van der Waals surface area contributed by atoms with Gasteiger partial charge < -0.3 is 25.2 Å². The lowest BCUT2D eigenvalue weighted by Crippen LogP contribution is -2.57. The van der Waals surface area contributed by atoms with Gasteiger partial charge in [-0.2, -0.15) is 0 Å². The van der Waals surface area contributed by atoms with Crippen molar-refractivity contribution in [3.63, 3.8) is 0 Å². The molecule has 0 amide bonds. The molecular formula is C9H14O5S. The minimum absolute atomic E-state index is 0.322. The Morgan fingerprint density at radius 1 is 1.20 bits per heavy atom. The Kier molecular flexibility index (Phi) is 4.86. The molecule has 5 nitrogen and oxygen atoms in total. The molecule has 1 aliphatic heterocycles. The van der Waals surface area contributed by atoms with Gasteiger partial charge in [0.25, 0.3) is 0 Å². The zero-order chi connectivity index (χ0) is 11.4. The van der Waals surface area contributed by atoms with Crippen LogP contribution in [0.5, 0.6) is 0 Å². The number of hydrogen-bond acceptors (Lipinski definition) is 6. The first kappa shape index (κ1) is 12.8. The van der Waals surface area contributed by atoms with Crippen LogP contribution in [0.3, 0.4) is 0 Å². The van der Waals surface area contributed by atoms with Gasteiger partial charge >= 0.3 is 0 Å². The van der Waals surface area contributed by atoms with Crippen molar-refractivity contribution in [2.45, 2.75) is 29.9 Å². The summed E-state index contributed by atoms with van der Waals surface area (Å²) in [6.07, 6.45) is 0.341. The van der Waals surface area contributed by atoms with Gasteiger partial charge in [0, 0.05) is 0 Å². The first-order valence-corrected chi connectivity index (χ1v) is 5.52. The lowest BCUT2D eigenvalue weighted by atomic mass is 10.0. The molecule has 1 saturated heterocycles. The van der Waals surface area contributed by atoms with Gasteiger partial charge in [-0.1, -0.05) is 5.92 Å². The van der Waals surface area contributed by atoms with Crippen LogP contribution in [0, 0.1) is 12.3 Å². The molecule has 1 fully saturated rings. The molecule has 1 heterocycles. The number of hydrogen-bond donors (Lipinski definition) is 4. The number of aliphatic hydroxyl groups excluding tert-OH is 4. The molecule has 0 aromatic rings. The summed E-state index contributed by atoms with van der Waals surface area (Å²) in [5, 5.41) is 37.3. The zero-order valence-corrected chi connectivity index (χ0v) is 8.80. The highest BCUT2D eigenvalue weighted by Gasteiger charge is 2.43. The van der Waals surface area contributed by atoms with Crippen molar-refractivity contribution in [2.75, 3.05) is 12.4 Å². The maximum atomic E-state index is 9.54. The van der Waals surface area contributed by atoms with Crippen molar-refractivity contribution in [1.29, 1.82) is 0 Å². The normalized spacial score (nSPS) is 41.1. The highest BCUT2D eigenvalue weighted by molar-refractivity contribution is 8.00. The SMILES string of the molecule is C#CCS[C@@H]1O[C@H](CO)[C@@H](O)[C@H](O)[C@H]1O. The summed E-state index contributed by atoms with van der Waals surface area (Å²) in [5.41, 5.74) is -0.725. The standard InChI is InChI=1S/C9H14O5S/c1-2-3-15-9-8(13)7(12)6(11)5(4-10)14-9/h1,5-13H,3-4H2/t5-,6-,7+,8-,9+/m1/s1. The van der Waals surface area contributed by atoms with Gasteiger partial charge in [0.2, 0.25) is 0 Å². The van der Waals surface area contributed by atoms with Crippen LogP contribution in [-0.4, -0.2) is 62.6 Å². The minimum Gasteiger partial charge on any atom is -0.394 e. The molecule has 0 bridgehead atoms. The van der Waals surface area contributed by atoms with Crippen LogP contribution in [0.1, 0.15) is 0 Å². The summed E-state index contributed by atoms with van der Waals surface area (Å²) in [4.78, 5) is 0. The second-order valence-electron chi connectivity index (χ2n) is 3.21. The third kappa shape index (κ3) is 2.84. The Labute approximate surface area is 92.1 Å². The lowest BCUT2D eigenvalue weighted by molar-refractivity contribution is -0.205. The van der Waals surface area contributed by atoms with Crippen LogP contribution in [0.25, 0.3) is 0 Å². The molecule has 0 saturated carbocycles. The van der Waals surface area contributed by atoms with Gasteiger partial charge in [0.15, 0.2) is 0 Å². The Bertz CT molecular complexity index is 239. The predicted octanol–water partition coefficient (Wildman–Crippen LogP) is -1.85. The Morgan fingerprint density at radius 2 is 1.87 bits per heavy atom. The third-order valence-corrected chi connectivity index (χ3v) is 3.23. The summed E-state index contributed by atoms with van der Waals surface area (Å²) >= 11 is 1.14. The van der Waals surface area contributed by atoms with E-state index in [1.54, 1.807) is 0 Å². The molecule has 0 unspecified atom stereocenters. The second kappa shape index (κ2) is 5.70. The van der Waals surface area contributed by atoms with E-state index in [2.05, 4.69) is 5.92 Å². The molecule has 1 rings (SSSR count). The van der Waals surface area contributed by atoms with Crippen molar-refractivity contribution in [2.24, 2.45) is 0 Å². The van der Waals surface area contributed by atoms with E-state index in [4.69, 9.17) is 16.3 Å². The fourth-order valence-electron chi connectivity index (χ4n) is 1.34. The second-order valence-corrected chi connectivity index (χ2v) is 4.30. The van der Waals surface area contributed by atoms with E-state index >= 15 is 0 Å². The monoisotopic (exact) mass is 234 g/mol. The molecule has 86 valence electrons. The molecule has 5 atom stereocenters. The highest BCUT2D eigenvalue weighted by Crippen LogP contribution is 2.27. The van der Waals surface area contributed by atoms with E-state index in [0.29, 0.717) is 5.75 Å². The largest absolute Gasteiger partial charge is 0.394 e. The topological polar surface area (TPSA) is 90.2 Å². The van der Waals surface area contributed by atoms with Gasteiger partial charge in [0.05, 0.1) is 12.4 Å². The van der Waals surface area contributed by atoms with Crippen LogP contribution < -0.4 is 0 Å². The summed E-state index contributed by atoms with van der Waals surface area (Å²) in [5.74, 6) is 2.68. The summed E-state index contributed by atoms with van der Waals surface area (Å²) in [6.45, 7) is -0.419. The molecule has 0 radical (unpaired) electrons. The minimum atomic E-state index is -1.33. The molecule has 15 heavy (non-hydrogen) atoms. The van der Waals surface area contributed by atoms with Crippen molar-refractivity contribution < 1.29 is 25.2 Å². The average Bonchev–Trinajstić information content (AvgIpc) is 2.25. The van der Waals surface area contributed by atoms with E-state index in [9.17, 15) is 15.3 Å². The Balaban J connectivity index is 2.62. The van der Waals surface area contributed by atoms with Crippen LogP contribution in [0.15, 0.2) is 0 Å². The maximum Gasteiger partial charge on any atom is 0.133 e. The first-order valence-electron chi connectivity index (χ1n) is 4.47. The van der Waals surface area contributed by atoms with E-state index in [1.165, 1.54) is 0 Å². The Morgan fingerprint density at radius 3 is 2.40 bits per heavy atom. The lowest BCUT2D eigenvalue weighted by Gasteiger charge is -2.39. The van der Waals surface area contributed by atoms with E-state index in [-0.39, 0.29) is 0 Å². The number of aliphatic hydroxyl groups is 4. The van der Waals surface area contributed by atoms with E-state index in [1.807, 2.05) is 0 Å². The van der Waals surface area contributed by atoms with Crippen molar-refractivity contribution in [1.82, 2.24) is 0 Å². The van der Waals surface area contributed by atoms with Gasteiger partial charge in [-0.15, -0.1) is 18.2 Å². The van der Waals surface area contributed by atoms with Gasteiger partial charge in [-0.05, 0) is 0 Å².